The quantitative estimate of drug-likeness (QED) is 0.128. The average molecular weight is 527 g/mol. The Bertz CT molecular complexity index is 1260. The Morgan fingerprint density at radius 3 is 2.82 bits per heavy atom. The van der Waals surface area contributed by atoms with Crippen LogP contribution in [0.1, 0.15) is 11.8 Å². The van der Waals surface area contributed by atoms with E-state index >= 15 is 0 Å². The molecule has 15 nitrogen and oxygen atoms in total. The number of aliphatic hydroxyl groups excluding tert-OH is 3. The zero-order chi connectivity index (χ0) is 23.9. The first-order valence-electron chi connectivity index (χ1n) is 9.43. The Morgan fingerprint density at radius 1 is 1.39 bits per heavy atom. The van der Waals surface area contributed by atoms with Gasteiger partial charge in [-0.15, -0.1) is 0 Å². The minimum Gasteiger partial charge on any atom is -0.595 e. The number of H-pyrrole nitrogens is 1. The van der Waals surface area contributed by atoms with Crippen molar-refractivity contribution in [1.82, 2.24) is 19.5 Å². The molecule has 0 bridgehead atoms. The van der Waals surface area contributed by atoms with E-state index in [1.54, 1.807) is 12.1 Å². The monoisotopic (exact) mass is 526 g/mol. The molecule has 0 amide bonds. The standard InChI is InChI=1S/C17H19BrN8O7/c18-7-2-1-6(3-8(7)26(31)32)4-20-24-17-21-10-13(22-16(19)23-14(10)30)25(17)15-12(29)11(28)9(5-27)33-15/h1-4,9,11-12,15,26-29,31H,5H2,(H,21,24)(H3,19,22,23,30)/b20-4-/t9-,11+,12-,15-/m1/s1. The summed E-state index contributed by atoms with van der Waals surface area (Å²) in [6, 6.07) is 4.55. The van der Waals surface area contributed by atoms with Gasteiger partial charge in [0.15, 0.2) is 23.1 Å². The van der Waals surface area contributed by atoms with Crippen LogP contribution in [0.2, 0.25) is 0 Å². The van der Waals surface area contributed by atoms with Crippen molar-refractivity contribution in [3.05, 3.63) is 43.8 Å². The molecule has 3 heterocycles. The number of ether oxygens (including phenoxy) is 1. The Morgan fingerprint density at radius 2 is 2.15 bits per heavy atom. The minimum atomic E-state index is -1.49. The molecule has 9 N–H and O–H groups in total. The van der Waals surface area contributed by atoms with Gasteiger partial charge in [-0.25, -0.2) is 15.6 Å². The summed E-state index contributed by atoms with van der Waals surface area (Å²) < 4.78 is 7.13. The number of quaternary nitrogens is 1. The number of fused-ring (bicyclic) bond motifs is 1. The van der Waals surface area contributed by atoms with E-state index in [2.05, 4.69) is 41.4 Å². The molecule has 4 rings (SSSR count). The molecule has 33 heavy (non-hydrogen) atoms. The number of nitrogens with two attached hydrogens (primary N) is 1. The van der Waals surface area contributed by atoms with Gasteiger partial charge < -0.3 is 31.0 Å². The van der Waals surface area contributed by atoms with Gasteiger partial charge in [-0.3, -0.25) is 14.3 Å². The van der Waals surface area contributed by atoms with Gasteiger partial charge in [-0.1, -0.05) is 6.07 Å². The molecule has 5 atom stereocenters. The number of hydrogen-bond acceptors (Lipinski definition) is 12. The van der Waals surface area contributed by atoms with Crippen LogP contribution in [-0.4, -0.2) is 71.2 Å². The second kappa shape index (κ2) is 9.12. The van der Waals surface area contributed by atoms with Crippen molar-refractivity contribution in [3.8, 4) is 0 Å². The van der Waals surface area contributed by atoms with Crippen LogP contribution in [0.5, 0.6) is 0 Å². The maximum atomic E-state index is 12.3. The molecule has 2 aromatic heterocycles. The summed E-state index contributed by atoms with van der Waals surface area (Å²) in [5.74, 6) is -0.304. The third kappa shape index (κ3) is 4.33. The molecule has 1 fully saturated rings. The van der Waals surface area contributed by atoms with E-state index in [0.29, 0.717) is 10.0 Å². The van der Waals surface area contributed by atoms with Gasteiger partial charge in [0.25, 0.3) is 5.56 Å². The molecule has 0 aliphatic carbocycles. The number of aliphatic hydroxyl groups is 3. The van der Waals surface area contributed by atoms with Crippen LogP contribution in [0.3, 0.4) is 0 Å². The van der Waals surface area contributed by atoms with Crippen LogP contribution < -0.4 is 21.9 Å². The van der Waals surface area contributed by atoms with Crippen molar-refractivity contribution in [2.24, 2.45) is 5.10 Å². The fraction of sp³-hybridized carbons (Fsp3) is 0.294. The molecule has 1 aliphatic rings. The number of hydrazone groups is 1. The summed E-state index contributed by atoms with van der Waals surface area (Å²) in [6.45, 7) is -0.562. The van der Waals surface area contributed by atoms with E-state index in [-0.39, 0.29) is 28.7 Å². The summed E-state index contributed by atoms with van der Waals surface area (Å²) in [5, 5.41) is 53.4. The average Bonchev–Trinajstić information content (AvgIpc) is 3.26. The van der Waals surface area contributed by atoms with E-state index in [1.165, 1.54) is 16.8 Å². The minimum absolute atomic E-state index is 0.0314. The maximum absolute atomic E-state index is 12.3. The van der Waals surface area contributed by atoms with Crippen LogP contribution in [-0.2, 0) is 4.74 Å². The highest BCUT2D eigenvalue weighted by Gasteiger charge is 2.45. The van der Waals surface area contributed by atoms with E-state index in [4.69, 9.17) is 10.5 Å². The lowest BCUT2D eigenvalue weighted by molar-refractivity contribution is -0.991. The third-order valence-electron chi connectivity index (χ3n) is 4.94. The second-order valence-corrected chi connectivity index (χ2v) is 7.93. The number of nitrogen functional groups attached to an aromatic ring is 1. The third-order valence-corrected chi connectivity index (χ3v) is 5.63. The molecule has 0 saturated carbocycles. The van der Waals surface area contributed by atoms with Crippen molar-refractivity contribution in [2.75, 3.05) is 17.8 Å². The number of benzene rings is 1. The lowest BCUT2D eigenvalue weighted by atomic mass is 10.1. The number of imidazole rings is 1. The predicted octanol–water partition coefficient (Wildman–Crippen LogP) is -2.07. The predicted molar refractivity (Wildman–Crippen MR) is 117 cm³/mol. The molecule has 0 spiro atoms. The molecular formula is C17H19BrN8O7. The normalized spacial score (nSPS) is 24.1. The smallest absolute Gasteiger partial charge is 0.280 e. The van der Waals surface area contributed by atoms with Gasteiger partial charge in [0.2, 0.25) is 11.9 Å². The molecule has 3 aromatic rings. The van der Waals surface area contributed by atoms with Gasteiger partial charge in [0.1, 0.15) is 18.3 Å². The van der Waals surface area contributed by atoms with E-state index < -0.39 is 41.9 Å². The van der Waals surface area contributed by atoms with Crippen molar-refractivity contribution >= 4 is 50.9 Å². The Kier molecular flexibility index (Phi) is 6.41. The zero-order valence-electron chi connectivity index (χ0n) is 16.6. The van der Waals surface area contributed by atoms with Gasteiger partial charge in [-0.05, 0) is 22.0 Å². The molecule has 0 radical (unpaired) electrons. The summed E-state index contributed by atoms with van der Waals surface area (Å²) >= 11 is 3.16. The van der Waals surface area contributed by atoms with Crippen molar-refractivity contribution in [3.63, 3.8) is 0 Å². The molecule has 176 valence electrons. The highest BCUT2D eigenvalue weighted by Crippen LogP contribution is 2.34. The topological polar surface area (TPSA) is 232 Å². The fourth-order valence-corrected chi connectivity index (χ4v) is 3.78. The van der Waals surface area contributed by atoms with Crippen LogP contribution in [0.15, 0.2) is 32.6 Å². The van der Waals surface area contributed by atoms with Crippen LogP contribution in [0.25, 0.3) is 11.2 Å². The summed E-state index contributed by atoms with van der Waals surface area (Å²) in [5.41, 5.74) is 7.86. The van der Waals surface area contributed by atoms with Crippen molar-refractivity contribution in [2.45, 2.75) is 24.5 Å². The highest BCUT2D eigenvalue weighted by molar-refractivity contribution is 9.10. The van der Waals surface area contributed by atoms with Gasteiger partial charge >= 0.3 is 0 Å². The van der Waals surface area contributed by atoms with Crippen molar-refractivity contribution in [1.29, 1.82) is 0 Å². The van der Waals surface area contributed by atoms with Gasteiger partial charge in [0.05, 0.1) is 17.3 Å². The number of nitrogens with zero attached hydrogens (tertiary/aromatic N) is 4. The number of rotatable bonds is 6. The number of nitrogens with one attached hydrogen (secondary N) is 3. The van der Waals surface area contributed by atoms with E-state index in [9.17, 15) is 30.5 Å². The number of hydrogen-bond donors (Lipinski definition) is 8. The highest BCUT2D eigenvalue weighted by atomic mass is 79.9. The molecule has 1 saturated heterocycles. The first-order chi connectivity index (χ1) is 15.7. The SMILES string of the molecule is Nc1nc2c(nc(N/N=C\c3ccc(Br)c([NH+]([O-])O)c3)n2[C@@H]2O[C@H](CO)[C@H](O)[C@H]2O)c(=O)[nH]1. The maximum Gasteiger partial charge on any atom is 0.280 e. The largest absolute Gasteiger partial charge is 0.595 e. The Balaban J connectivity index is 1.73. The fourth-order valence-electron chi connectivity index (χ4n) is 3.37. The van der Waals surface area contributed by atoms with Crippen LogP contribution in [0.4, 0.5) is 17.6 Å². The van der Waals surface area contributed by atoms with E-state index in [1.807, 2.05) is 0 Å². The summed E-state index contributed by atoms with van der Waals surface area (Å²) in [7, 11) is 0. The summed E-state index contributed by atoms with van der Waals surface area (Å²) in [4.78, 5) is 22.8. The van der Waals surface area contributed by atoms with Crippen molar-refractivity contribution < 1.29 is 30.5 Å². The molecule has 16 heteroatoms. The first kappa shape index (κ1) is 23.2. The van der Waals surface area contributed by atoms with Crippen LogP contribution >= 0.6 is 15.9 Å². The number of aromatic amines is 1. The molecule has 1 unspecified atom stereocenters. The Hall–Kier alpha value is -2.96. The molecular weight excluding hydrogens is 508 g/mol. The molecule has 1 aromatic carbocycles. The lowest BCUT2D eigenvalue weighted by Crippen LogP contribution is -2.99. The van der Waals surface area contributed by atoms with Gasteiger partial charge in [-0.2, -0.15) is 15.3 Å². The van der Waals surface area contributed by atoms with Crippen LogP contribution in [0, 0.1) is 5.21 Å². The molecule has 1 aliphatic heterocycles. The lowest BCUT2D eigenvalue weighted by Gasteiger charge is -2.18. The Labute approximate surface area is 192 Å². The number of halogens is 1. The zero-order valence-corrected chi connectivity index (χ0v) is 18.2. The number of aromatic nitrogens is 4. The summed E-state index contributed by atoms with van der Waals surface area (Å²) in [6.07, 6.45) is -3.96. The van der Waals surface area contributed by atoms with Gasteiger partial charge in [0, 0.05) is 11.6 Å². The van der Waals surface area contributed by atoms with E-state index in [0.717, 1.165) is 0 Å². The number of anilines is 2. The second-order valence-electron chi connectivity index (χ2n) is 7.07. The first-order valence-corrected chi connectivity index (χ1v) is 10.2.